The van der Waals surface area contributed by atoms with Crippen molar-refractivity contribution in [1.29, 1.82) is 0 Å². The fourth-order valence-electron chi connectivity index (χ4n) is 3.22. The van der Waals surface area contributed by atoms with Crippen LogP contribution < -0.4 is 15.0 Å². The molecular formula is C22H35N3O3. The van der Waals surface area contributed by atoms with Gasteiger partial charge in [-0.1, -0.05) is 6.08 Å². The molecule has 1 atom stereocenters. The van der Waals surface area contributed by atoms with Crippen molar-refractivity contribution in [1.82, 2.24) is 4.90 Å². The van der Waals surface area contributed by atoms with E-state index in [9.17, 15) is 4.79 Å². The Morgan fingerprint density at radius 3 is 2.57 bits per heavy atom. The average molecular weight is 390 g/mol. The average Bonchev–Trinajstić information content (AvgIpc) is 2.69. The minimum Gasteiger partial charge on any atom is -0.492 e. The van der Waals surface area contributed by atoms with E-state index in [1.807, 2.05) is 25.1 Å². The molecule has 0 bridgehead atoms. The van der Waals surface area contributed by atoms with Gasteiger partial charge in [-0.05, 0) is 46.2 Å². The lowest BCUT2D eigenvalue weighted by molar-refractivity contribution is -0.126. The first kappa shape index (κ1) is 22.2. The number of carbonyl (C=O) groups excluding carboxylic acids is 1. The molecule has 28 heavy (non-hydrogen) atoms. The van der Waals surface area contributed by atoms with Crippen LogP contribution in [0.5, 0.6) is 5.75 Å². The second-order valence-corrected chi connectivity index (χ2v) is 7.31. The Labute approximate surface area is 169 Å². The molecule has 0 aliphatic carbocycles. The first-order valence-electron chi connectivity index (χ1n) is 10.3. The second kappa shape index (κ2) is 11.1. The number of amides is 1. The number of nitrogens with zero attached hydrogens (tertiary/aromatic N) is 2. The molecule has 1 saturated heterocycles. The van der Waals surface area contributed by atoms with Gasteiger partial charge in [-0.2, -0.15) is 0 Å². The molecule has 0 saturated carbocycles. The Morgan fingerprint density at radius 2 is 1.96 bits per heavy atom. The van der Waals surface area contributed by atoms with E-state index in [1.165, 1.54) is 0 Å². The van der Waals surface area contributed by atoms with Gasteiger partial charge < -0.3 is 19.7 Å². The fourth-order valence-corrected chi connectivity index (χ4v) is 3.22. The highest BCUT2D eigenvalue weighted by Gasteiger charge is 2.21. The molecule has 1 aliphatic heterocycles. The molecule has 1 heterocycles. The molecule has 0 spiro atoms. The SMILES string of the molecule is C=CCCO[C@H](C)C(=O)Nc1ccc(N2CCN(C(C)C)CC2)cc1OCC. The monoisotopic (exact) mass is 389 g/mol. The Kier molecular flexibility index (Phi) is 8.80. The van der Waals surface area contributed by atoms with Crippen LogP contribution in [0.4, 0.5) is 11.4 Å². The van der Waals surface area contributed by atoms with Crippen LogP contribution in [0.3, 0.4) is 0 Å². The van der Waals surface area contributed by atoms with Crippen LogP contribution in [0.2, 0.25) is 0 Å². The van der Waals surface area contributed by atoms with Gasteiger partial charge >= 0.3 is 0 Å². The van der Waals surface area contributed by atoms with Gasteiger partial charge in [0.1, 0.15) is 11.9 Å². The zero-order valence-electron chi connectivity index (χ0n) is 17.7. The summed E-state index contributed by atoms with van der Waals surface area (Å²) in [6.07, 6.45) is 1.97. The Morgan fingerprint density at radius 1 is 1.25 bits per heavy atom. The topological polar surface area (TPSA) is 54.0 Å². The quantitative estimate of drug-likeness (QED) is 0.490. The number of anilines is 2. The molecule has 6 nitrogen and oxygen atoms in total. The van der Waals surface area contributed by atoms with Crippen LogP contribution in [0.25, 0.3) is 0 Å². The van der Waals surface area contributed by atoms with Gasteiger partial charge in [-0.15, -0.1) is 6.58 Å². The summed E-state index contributed by atoms with van der Waals surface area (Å²) in [4.78, 5) is 17.3. The van der Waals surface area contributed by atoms with Gasteiger partial charge in [-0.3, -0.25) is 9.69 Å². The van der Waals surface area contributed by atoms with Crippen LogP contribution in [0.1, 0.15) is 34.1 Å². The minimum absolute atomic E-state index is 0.177. The van der Waals surface area contributed by atoms with E-state index in [4.69, 9.17) is 9.47 Å². The van der Waals surface area contributed by atoms with Crippen molar-refractivity contribution >= 4 is 17.3 Å². The highest BCUT2D eigenvalue weighted by atomic mass is 16.5. The number of piperazine rings is 1. The number of nitrogens with one attached hydrogen (secondary N) is 1. The summed E-state index contributed by atoms with van der Waals surface area (Å²) < 4.78 is 11.3. The molecule has 1 aromatic carbocycles. The molecule has 0 radical (unpaired) electrons. The second-order valence-electron chi connectivity index (χ2n) is 7.31. The maximum atomic E-state index is 12.4. The summed E-state index contributed by atoms with van der Waals surface area (Å²) in [5.74, 6) is 0.515. The largest absolute Gasteiger partial charge is 0.492 e. The Hall–Kier alpha value is -2.05. The van der Waals surface area contributed by atoms with Crippen molar-refractivity contribution in [2.75, 3.05) is 49.6 Å². The molecule has 1 fully saturated rings. The first-order valence-corrected chi connectivity index (χ1v) is 10.3. The van der Waals surface area contributed by atoms with E-state index in [-0.39, 0.29) is 5.91 Å². The third kappa shape index (κ3) is 6.24. The van der Waals surface area contributed by atoms with Crippen molar-refractivity contribution in [3.05, 3.63) is 30.9 Å². The van der Waals surface area contributed by atoms with Gasteiger partial charge in [0.25, 0.3) is 5.91 Å². The predicted octanol–water partition coefficient (Wildman–Crippen LogP) is 3.54. The maximum absolute atomic E-state index is 12.4. The Balaban J connectivity index is 2.04. The zero-order chi connectivity index (χ0) is 20.5. The molecule has 156 valence electrons. The summed E-state index contributed by atoms with van der Waals surface area (Å²) in [7, 11) is 0. The van der Waals surface area contributed by atoms with E-state index in [0.717, 1.165) is 38.3 Å². The number of ether oxygens (including phenoxy) is 2. The van der Waals surface area contributed by atoms with E-state index >= 15 is 0 Å². The predicted molar refractivity (Wildman–Crippen MR) is 115 cm³/mol. The van der Waals surface area contributed by atoms with Crippen molar-refractivity contribution in [3.8, 4) is 5.75 Å². The smallest absolute Gasteiger partial charge is 0.253 e. The summed E-state index contributed by atoms with van der Waals surface area (Å²) in [6, 6.07) is 6.57. The molecule has 2 rings (SSSR count). The third-order valence-corrected chi connectivity index (χ3v) is 4.99. The summed E-state index contributed by atoms with van der Waals surface area (Å²) in [5, 5.41) is 2.93. The number of benzene rings is 1. The molecule has 1 amide bonds. The molecule has 0 unspecified atom stereocenters. The maximum Gasteiger partial charge on any atom is 0.253 e. The zero-order valence-corrected chi connectivity index (χ0v) is 17.7. The lowest BCUT2D eigenvalue weighted by Gasteiger charge is -2.38. The van der Waals surface area contributed by atoms with Crippen molar-refractivity contribution in [2.45, 2.75) is 46.3 Å². The molecule has 1 aliphatic rings. The normalized spacial score (nSPS) is 16.1. The highest BCUT2D eigenvalue weighted by molar-refractivity contribution is 5.95. The van der Waals surface area contributed by atoms with Gasteiger partial charge in [-0.25, -0.2) is 0 Å². The summed E-state index contributed by atoms with van der Waals surface area (Å²) in [6.45, 7) is 16.9. The Bertz CT molecular complexity index is 640. The van der Waals surface area contributed by atoms with Crippen LogP contribution in [0.15, 0.2) is 30.9 Å². The number of carbonyl (C=O) groups is 1. The van der Waals surface area contributed by atoms with Gasteiger partial charge in [0.2, 0.25) is 0 Å². The molecular weight excluding hydrogens is 354 g/mol. The fraction of sp³-hybridized carbons (Fsp3) is 0.591. The number of hydrogen-bond donors (Lipinski definition) is 1. The van der Waals surface area contributed by atoms with Crippen LogP contribution in [-0.2, 0) is 9.53 Å². The van der Waals surface area contributed by atoms with Crippen LogP contribution in [-0.4, -0.2) is 62.3 Å². The molecule has 1 aromatic rings. The molecule has 6 heteroatoms. The van der Waals surface area contributed by atoms with E-state index in [2.05, 4.69) is 35.5 Å². The standard InChI is InChI=1S/C22H35N3O3/c1-6-8-15-28-18(5)22(26)23-20-10-9-19(16-21(20)27-7-2)25-13-11-24(12-14-25)17(3)4/h6,9-10,16-18H,1,7-8,11-15H2,2-5H3,(H,23,26)/t18-/m1/s1. The lowest BCUT2D eigenvalue weighted by atomic mass is 10.2. The minimum atomic E-state index is -0.529. The highest BCUT2D eigenvalue weighted by Crippen LogP contribution is 2.31. The van der Waals surface area contributed by atoms with E-state index in [1.54, 1.807) is 13.0 Å². The third-order valence-electron chi connectivity index (χ3n) is 4.99. The summed E-state index contributed by atoms with van der Waals surface area (Å²) >= 11 is 0. The number of rotatable bonds is 10. The van der Waals surface area contributed by atoms with Crippen molar-refractivity contribution in [2.24, 2.45) is 0 Å². The van der Waals surface area contributed by atoms with E-state index < -0.39 is 6.10 Å². The van der Waals surface area contributed by atoms with Gasteiger partial charge in [0, 0.05) is 44.0 Å². The van der Waals surface area contributed by atoms with Crippen LogP contribution in [0, 0.1) is 0 Å². The first-order chi connectivity index (χ1) is 13.5. The number of hydrogen-bond acceptors (Lipinski definition) is 5. The van der Waals surface area contributed by atoms with Crippen molar-refractivity contribution in [3.63, 3.8) is 0 Å². The molecule has 0 aromatic heterocycles. The van der Waals surface area contributed by atoms with Gasteiger partial charge in [0.15, 0.2) is 0 Å². The lowest BCUT2D eigenvalue weighted by Crippen LogP contribution is -2.48. The van der Waals surface area contributed by atoms with Gasteiger partial charge in [0.05, 0.1) is 18.9 Å². The summed E-state index contributed by atoms with van der Waals surface area (Å²) in [5.41, 5.74) is 1.80. The van der Waals surface area contributed by atoms with Crippen LogP contribution >= 0.6 is 0 Å². The van der Waals surface area contributed by atoms with Crippen molar-refractivity contribution < 1.29 is 14.3 Å². The molecule has 1 N–H and O–H groups in total. The van der Waals surface area contributed by atoms with E-state index in [0.29, 0.717) is 30.7 Å².